The maximum absolute atomic E-state index is 13.5. The van der Waals surface area contributed by atoms with E-state index in [1.807, 2.05) is 98.8 Å². The lowest BCUT2D eigenvalue weighted by Crippen LogP contribution is -2.39. The first-order valence-corrected chi connectivity index (χ1v) is 13.0. The summed E-state index contributed by atoms with van der Waals surface area (Å²) < 4.78 is 1.78. The van der Waals surface area contributed by atoms with Crippen molar-refractivity contribution in [2.75, 3.05) is 18.4 Å². The highest BCUT2D eigenvalue weighted by Crippen LogP contribution is 2.27. The van der Waals surface area contributed by atoms with Crippen molar-refractivity contribution in [3.63, 3.8) is 0 Å². The fourth-order valence-electron chi connectivity index (χ4n) is 4.22. The Morgan fingerprint density at radius 1 is 0.895 bits per heavy atom. The topological polar surface area (TPSA) is 67.2 Å². The zero-order valence-electron chi connectivity index (χ0n) is 22.9. The third-order valence-electron chi connectivity index (χ3n) is 6.52. The fraction of sp³-hybridized carbons (Fsp3) is 0.281. The Bertz CT molecular complexity index is 1400. The largest absolute Gasteiger partial charge is 0.329 e. The number of carbonyl (C=O) groups excluding carboxylic acids is 2. The molecule has 1 N–H and O–H groups in total. The highest BCUT2D eigenvalue weighted by molar-refractivity contribution is 5.99. The van der Waals surface area contributed by atoms with Gasteiger partial charge in [-0.3, -0.25) is 9.59 Å². The van der Waals surface area contributed by atoms with Crippen molar-refractivity contribution < 1.29 is 9.59 Å². The normalized spacial score (nSPS) is 11.3. The molecule has 0 aliphatic carbocycles. The highest BCUT2D eigenvalue weighted by atomic mass is 16.2. The van der Waals surface area contributed by atoms with Gasteiger partial charge < -0.3 is 10.2 Å². The van der Waals surface area contributed by atoms with Crippen LogP contribution in [0.15, 0.2) is 84.9 Å². The molecule has 0 saturated carbocycles. The minimum absolute atomic E-state index is 0.0661. The molecule has 6 heteroatoms. The van der Waals surface area contributed by atoms with Gasteiger partial charge >= 0.3 is 0 Å². The molecule has 0 spiro atoms. The van der Waals surface area contributed by atoms with Gasteiger partial charge in [0.15, 0.2) is 0 Å². The highest BCUT2D eigenvalue weighted by Gasteiger charge is 2.24. The number of nitrogens with zero attached hydrogens (tertiary/aromatic N) is 3. The van der Waals surface area contributed by atoms with Gasteiger partial charge in [0.2, 0.25) is 5.91 Å². The predicted octanol–water partition coefficient (Wildman–Crippen LogP) is 6.11. The molecule has 2 amide bonds. The van der Waals surface area contributed by atoms with Crippen molar-refractivity contribution in [3.05, 3.63) is 113 Å². The van der Waals surface area contributed by atoms with Gasteiger partial charge in [0.25, 0.3) is 5.91 Å². The molecule has 196 valence electrons. The SMILES string of the molecule is Cc1ccc(C(=O)N(CCc2ccccc2)CC(=O)Nc2cc(C(C)(C)C)nn2-c2ccccc2C)cc1. The minimum Gasteiger partial charge on any atom is -0.329 e. The molecule has 1 aromatic heterocycles. The number of carbonyl (C=O) groups is 2. The number of benzene rings is 3. The van der Waals surface area contributed by atoms with Gasteiger partial charge in [-0.15, -0.1) is 0 Å². The summed E-state index contributed by atoms with van der Waals surface area (Å²) in [5.41, 5.74) is 5.37. The Kier molecular flexibility index (Phi) is 8.10. The van der Waals surface area contributed by atoms with Crippen LogP contribution in [0.5, 0.6) is 0 Å². The number of amides is 2. The van der Waals surface area contributed by atoms with Crippen LogP contribution in [0.25, 0.3) is 5.69 Å². The van der Waals surface area contributed by atoms with Crippen LogP contribution in [0.2, 0.25) is 0 Å². The van der Waals surface area contributed by atoms with Crippen molar-refractivity contribution in [3.8, 4) is 5.69 Å². The van der Waals surface area contributed by atoms with Gasteiger partial charge in [0, 0.05) is 23.6 Å². The molecule has 38 heavy (non-hydrogen) atoms. The van der Waals surface area contributed by atoms with Crippen LogP contribution in [0.3, 0.4) is 0 Å². The smallest absolute Gasteiger partial charge is 0.254 e. The van der Waals surface area contributed by atoms with E-state index in [0.717, 1.165) is 28.1 Å². The van der Waals surface area contributed by atoms with E-state index < -0.39 is 0 Å². The summed E-state index contributed by atoms with van der Waals surface area (Å²) in [5, 5.41) is 7.87. The summed E-state index contributed by atoms with van der Waals surface area (Å²) in [6.07, 6.45) is 0.654. The van der Waals surface area contributed by atoms with Gasteiger partial charge in [-0.25, -0.2) is 4.68 Å². The van der Waals surface area contributed by atoms with Gasteiger partial charge in [-0.1, -0.05) is 87.0 Å². The van der Waals surface area contributed by atoms with E-state index in [0.29, 0.717) is 24.3 Å². The summed E-state index contributed by atoms with van der Waals surface area (Å²) in [5.74, 6) is 0.146. The molecule has 3 aromatic carbocycles. The summed E-state index contributed by atoms with van der Waals surface area (Å²) in [7, 11) is 0. The third kappa shape index (κ3) is 6.57. The van der Waals surface area contributed by atoms with E-state index in [2.05, 4.69) is 26.1 Å². The first-order valence-electron chi connectivity index (χ1n) is 13.0. The number of hydrogen-bond acceptors (Lipinski definition) is 3. The molecule has 4 aromatic rings. The fourth-order valence-corrected chi connectivity index (χ4v) is 4.22. The molecular formula is C32H36N4O2. The molecule has 0 bridgehead atoms. The third-order valence-corrected chi connectivity index (χ3v) is 6.52. The molecule has 0 fully saturated rings. The molecule has 1 heterocycles. The van der Waals surface area contributed by atoms with Crippen LogP contribution < -0.4 is 5.32 Å². The second-order valence-corrected chi connectivity index (χ2v) is 10.7. The summed E-state index contributed by atoms with van der Waals surface area (Å²) in [6, 6.07) is 27.3. The summed E-state index contributed by atoms with van der Waals surface area (Å²) in [6.45, 7) is 10.6. The van der Waals surface area contributed by atoms with E-state index >= 15 is 0 Å². The number of aromatic nitrogens is 2. The number of rotatable bonds is 8. The maximum Gasteiger partial charge on any atom is 0.254 e. The van der Waals surface area contributed by atoms with Gasteiger partial charge in [-0.2, -0.15) is 5.10 Å². The van der Waals surface area contributed by atoms with Crippen molar-refractivity contribution in [1.82, 2.24) is 14.7 Å². The second-order valence-electron chi connectivity index (χ2n) is 10.7. The van der Waals surface area contributed by atoms with Crippen LogP contribution in [0, 0.1) is 13.8 Å². The molecule has 4 rings (SSSR count). The molecule has 0 aliphatic rings. The van der Waals surface area contributed by atoms with Gasteiger partial charge in [0.1, 0.15) is 12.4 Å². The van der Waals surface area contributed by atoms with Crippen molar-refractivity contribution in [2.45, 2.75) is 46.5 Å². The van der Waals surface area contributed by atoms with E-state index in [1.165, 1.54) is 0 Å². The van der Waals surface area contributed by atoms with Crippen molar-refractivity contribution in [1.29, 1.82) is 0 Å². The number of aryl methyl sites for hydroxylation is 2. The first-order chi connectivity index (χ1) is 18.1. The average molecular weight is 509 g/mol. The lowest BCUT2D eigenvalue weighted by Gasteiger charge is -2.23. The van der Waals surface area contributed by atoms with Crippen LogP contribution in [0.4, 0.5) is 5.82 Å². The number of nitrogens with one attached hydrogen (secondary N) is 1. The van der Waals surface area contributed by atoms with Crippen molar-refractivity contribution >= 4 is 17.6 Å². The monoisotopic (exact) mass is 508 g/mol. The van der Waals surface area contributed by atoms with Crippen LogP contribution in [-0.4, -0.2) is 39.6 Å². The van der Waals surface area contributed by atoms with E-state index in [9.17, 15) is 9.59 Å². The Balaban J connectivity index is 1.59. The number of anilines is 1. The predicted molar refractivity (Wildman–Crippen MR) is 153 cm³/mol. The van der Waals surface area contributed by atoms with Crippen LogP contribution >= 0.6 is 0 Å². The summed E-state index contributed by atoms with van der Waals surface area (Å²) in [4.78, 5) is 28.5. The Morgan fingerprint density at radius 3 is 2.21 bits per heavy atom. The molecule has 0 radical (unpaired) electrons. The number of hydrogen-bond donors (Lipinski definition) is 1. The molecule has 6 nitrogen and oxygen atoms in total. The lowest BCUT2D eigenvalue weighted by molar-refractivity contribution is -0.116. The van der Waals surface area contributed by atoms with E-state index in [4.69, 9.17) is 5.10 Å². The minimum atomic E-state index is -0.270. The van der Waals surface area contributed by atoms with Crippen LogP contribution in [-0.2, 0) is 16.6 Å². The molecule has 0 unspecified atom stereocenters. The Hall–Kier alpha value is -4.19. The molecule has 0 saturated heterocycles. The average Bonchev–Trinajstić information content (AvgIpc) is 3.31. The van der Waals surface area contributed by atoms with E-state index in [-0.39, 0.29) is 23.8 Å². The molecule has 0 aliphatic heterocycles. The van der Waals surface area contributed by atoms with Crippen LogP contribution in [0.1, 0.15) is 53.5 Å². The quantitative estimate of drug-likeness (QED) is 0.312. The lowest BCUT2D eigenvalue weighted by atomic mass is 9.92. The zero-order valence-corrected chi connectivity index (χ0v) is 22.9. The zero-order chi connectivity index (χ0) is 27.3. The van der Waals surface area contributed by atoms with Gasteiger partial charge in [-0.05, 0) is 49.6 Å². The Labute approximate surface area is 225 Å². The standard InChI is InChI=1S/C32H36N4O2/c1-23-15-17-26(18-16-23)31(38)35(20-19-25-12-7-6-8-13-25)22-30(37)33-29-21-28(32(3,4)5)34-36(29)27-14-10-9-11-24(27)2/h6-18,21H,19-20,22H2,1-5H3,(H,33,37). The Morgan fingerprint density at radius 2 is 1.55 bits per heavy atom. The second kappa shape index (κ2) is 11.5. The molecular weight excluding hydrogens is 472 g/mol. The summed E-state index contributed by atoms with van der Waals surface area (Å²) >= 11 is 0. The molecule has 0 atom stereocenters. The first kappa shape index (κ1) is 26.9. The maximum atomic E-state index is 13.5. The van der Waals surface area contributed by atoms with E-state index in [1.54, 1.807) is 9.58 Å². The van der Waals surface area contributed by atoms with Gasteiger partial charge in [0.05, 0.1) is 11.4 Å². The van der Waals surface area contributed by atoms with Crippen molar-refractivity contribution in [2.24, 2.45) is 0 Å². The number of para-hydroxylation sites is 1.